The van der Waals surface area contributed by atoms with Gasteiger partial charge in [-0.15, -0.1) is 0 Å². The number of fused-ring (bicyclic) bond motifs is 1. The smallest absolute Gasteiger partial charge is 0.178 e. The first-order valence-corrected chi connectivity index (χ1v) is 7.53. The second kappa shape index (κ2) is 5.79. The van der Waals surface area contributed by atoms with E-state index >= 15 is 0 Å². The Labute approximate surface area is 136 Å². The minimum atomic E-state index is -0.232. The van der Waals surface area contributed by atoms with Gasteiger partial charge >= 0.3 is 0 Å². The van der Waals surface area contributed by atoms with Crippen LogP contribution in [0.25, 0.3) is 11.0 Å². The molecule has 0 aliphatic heterocycles. The van der Waals surface area contributed by atoms with E-state index in [1.807, 2.05) is 10.6 Å². The maximum Gasteiger partial charge on any atom is 0.178 e. The van der Waals surface area contributed by atoms with Crippen molar-refractivity contribution in [3.8, 4) is 0 Å². The van der Waals surface area contributed by atoms with E-state index < -0.39 is 0 Å². The van der Waals surface area contributed by atoms with Gasteiger partial charge in [0.1, 0.15) is 5.82 Å². The molecule has 1 heterocycles. The van der Waals surface area contributed by atoms with Gasteiger partial charge < -0.3 is 9.55 Å². The Hall–Kier alpha value is -1.36. The molecule has 0 bridgehead atoms. The Morgan fingerprint density at radius 3 is 2.67 bits per heavy atom. The lowest BCUT2D eigenvalue weighted by Gasteiger charge is -2.06. The van der Waals surface area contributed by atoms with Crippen molar-refractivity contribution in [2.24, 2.45) is 0 Å². The highest BCUT2D eigenvalue weighted by molar-refractivity contribution is 7.71. The molecule has 0 aliphatic carbocycles. The number of H-pyrrole nitrogens is 1. The summed E-state index contributed by atoms with van der Waals surface area (Å²) in [6, 6.07) is 10.1. The molecule has 0 unspecified atom stereocenters. The SMILES string of the molecule is Fc1cccc(CCn2c(=S)[nH]c3cc(Cl)c(Cl)cc32)c1. The zero-order chi connectivity index (χ0) is 15.0. The van der Waals surface area contributed by atoms with E-state index in [9.17, 15) is 4.39 Å². The predicted octanol–water partition coefficient (Wildman–Crippen LogP) is 5.39. The summed E-state index contributed by atoms with van der Waals surface area (Å²) < 4.78 is 15.7. The number of rotatable bonds is 3. The van der Waals surface area contributed by atoms with Crippen molar-refractivity contribution in [3.05, 3.63) is 62.6 Å². The number of nitrogens with zero attached hydrogens (tertiary/aromatic N) is 1. The third-order valence-electron chi connectivity index (χ3n) is 3.33. The molecule has 0 amide bonds. The summed E-state index contributed by atoms with van der Waals surface area (Å²) >= 11 is 17.4. The summed E-state index contributed by atoms with van der Waals surface area (Å²) in [6.45, 7) is 0.639. The summed E-state index contributed by atoms with van der Waals surface area (Å²) in [5, 5.41) is 0.968. The lowest BCUT2D eigenvalue weighted by Crippen LogP contribution is -2.01. The van der Waals surface area contributed by atoms with Crippen LogP contribution in [-0.4, -0.2) is 9.55 Å². The van der Waals surface area contributed by atoms with E-state index in [4.69, 9.17) is 35.4 Å². The summed E-state index contributed by atoms with van der Waals surface area (Å²) in [4.78, 5) is 3.10. The number of aromatic amines is 1. The van der Waals surface area contributed by atoms with Crippen LogP contribution < -0.4 is 0 Å². The molecular weight excluding hydrogens is 330 g/mol. The Bertz CT molecular complexity index is 870. The molecule has 3 rings (SSSR count). The van der Waals surface area contributed by atoms with Crippen molar-refractivity contribution in [1.82, 2.24) is 9.55 Å². The van der Waals surface area contributed by atoms with Gasteiger partial charge in [0.25, 0.3) is 0 Å². The number of hydrogen-bond donors (Lipinski definition) is 1. The maximum absolute atomic E-state index is 13.2. The zero-order valence-electron chi connectivity index (χ0n) is 10.9. The number of imidazole rings is 1. The first-order valence-electron chi connectivity index (χ1n) is 6.36. The molecule has 2 nitrogen and oxygen atoms in total. The molecule has 108 valence electrons. The van der Waals surface area contributed by atoms with E-state index in [1.165, 1.54) is 12.1 Å². The number of halogens is 3. The fourth-order valence-corrected chi connectivity index (χ4v) is 2.93. The molecule has 6 heteroatoms. The van der Waals surface area contributed by atoms with Crippen LogP contribution in [0.3, 0.4) is 0 Å². The number of nitrogens with one attached hydrogen (secondary N) is 1. The zero-order valence-corrected chi connectivity index (χ0v) is 13.2. The molecule has 0 saturated carbocycles. The molecule has 21 heavy (non-hydrogen) atoms. The second-order valence-electron chi connectivity index (χ2n) is 4.75. The average Bonchev–Trinajstić information content (AvgIpc) is 2.72. The summed E-state index contributed by atoms with van der Waals surface area (Å²) in [5.74, 6) is -0.232. The van der Waals surface area contributed by atoms with Crippen molar-refractivity contribution < 1.29 is 4.39 Å². The van der Waals surface area contributed by atoms with Crippen molar-refractivity contribution in [1.29, 1.82) is 0 Å². The average molecular weight is 341 g/mol. The van der Waals surface area contributed by atoms with Crippen molar-refractivity contribution >= 4 is 46.5 Å². The van der Waals surface area contributed by atoms with Crippen LogP contribution >= 0.6 is 35.4 Å². The van der Waals surface area contributed by atoms with Gasteiger partial charge in [-0.25, -0.2) is 4.39 Å². The van der Waals surface area contributed by atoms with Crippen molar-refractivity contribution in [3.63, 3.8) is 0 Å². The quantitative estimate of drug-likeness (QED) is 0.634. The van der Waals surface area contributed by atoms with Gasteiger partial charge in [0.2, 0.25) is 0 Å². The lowest BCUT2D eigenvalue weighted by molar-refractivity contribution is 0.622. The van der Waals surface area contributed by atoms with Crippen LogP contribution in [0.1, 0.15) is 5.56 Å². The largest absolute Gasteiger partial charge is 0.331 e. The standard InChI is InChI=1S/C15H11Cl2FN2S/c16-11-7-13-14(8-12(11)17)20(15(21)19-13)5-4-9-2-1-3-10(18)6-9/h1-3,6-8H,4-5H2,(H,19,21). The molecule has 0 fully saturated rings. The molecular formula is C15H11Cl2FN2S. The van der Waals surface area contributed by atoms with Crippen LogP contribution in [0.4, 0.5) is 4.39 Å². The monoisotopic (exact) mass is 340 g/mol. The highest BCUT2D eigenvalue weighted by atomic mass is 35.5. The molecule has 2 aromatic carbocycles. The lowest BCUT2D eigenvalue weighted by atomic mass is 10.1. The van der Waals surface area contributed by atoms with Gasteiger partial charge in [-0.2, -0.15) is 0 Å². The van der Waals surface area contributed by atoms with Gasteiger partial charge in [-0.1, -0.05) is 35.3 Å². The van der Waals surface area contributed by atoms with Gasteiger partial charge in [0, 0.05) is 6.54 Å². The maximum atomic E-state index is 13.2. The van der Waals surface area contributed by atoms with Crippen LogP contribution in [-0.2, 0) is 13.0 Å². The van der Waals surface area contributed by atoms with Crippen LogP contribution in [0, 0.1) is 10.6 Å². The Balaban J connectivity index is 1.95. The Morgan fingerprint density at radius 1 is 1.14 bits per heavy atom. The number of aryl methyl sites for hydroxylation is 2. The predicted molar refractivity (Wildman–Crippen MR) is 87.2 cm³/mol. The summed E-state index contributed by atoms with van der Waals surface area (Å²) in [7, 11) is 0. The van der Waals surface area contributed by atoms with Gasteiger partial charge in [-0.05, 0) is 48.5 Å². The van der Waals surface area contributed by atoms with Gasteiger partial charge in [0.15, 0.2) is 4.77 Å². The molecule has 0 spiro atoms. The Kier molecular flexibility index (Phi) is 4.02. The number of hydrogen-bond acceptors (Lipinski definition) is 1. The van der Waals surface area contributed by atoms with Crippen LogP contribution in [0.15, 0.2) is 36.4 Å². The first-order chi connectivity index (χ1) is 10.0. The van der Waals surface area contributed by atoms with E-state index in [-0.39, 0.29) is 5.82 Å². The molecule has 0 atom stereocenters. The van der Waals surface area contributed by atoms with E-state index in [0.29, 0.717) is 27.8 Å². The number of aromatic nitrogens is 2. The minimum absolute atomic E-state index is 0.232. The summed E-state index contributed by atoms with van der Waals surface area (Å²) in [6.07, 6.45) is 0.680. The van der Waals surface area contributed by atoms with Gasteiger partial charge in [-0.3, -0.25) is 0 Å². The van der Waals surface area contributed by atoms with E-state index in [0.717, 1.165) is 16.6 Å². The molecule has 0 aliphatic rings. The highest BCUT2D eigenvalue weighted by Gasteiger charge is 2.08. The summed E-state index contributed by atoms with van der Waals surface area (Å²) in [5.41, 5.74) is 2.66. The number of benzene rings is 2. The fraction of sp³-hybridized carbons (Fsp3) is 0.133. The molecule has 3 aromatic rings. The molecule has 1 aromatic heterocycles. The molecule has 0 saturated heterocycles. The second-order valence-corrected chi connectivity index (χ2v) is 5.95. The molecule has 1 N–H and O–H groups in total. The topological polar surface area (TPSA) is 20.7 Å². The van der Waals surface area contributed by atoms with Gasteiger partial charge in [0.05, 0.1) is 21.1 Å². The van der Waals surface area contributed by atoms with Crippen LogP contribution in [0.2, 0.25) is 10.0 Å². The minimum Gasteiger partial charge on any atom is -0.331 e. The molecule has 0 radical (unpaired) electrons. The van der Waals surface area contributed by atoms with E-state index in [2.05, 4.69) is 4.98 Å². The Morgan fingerprint density at radius 2 is 1.90 bits per heavy atom. The third kappa shape index (κ3) is 2.98. The van der Waals surface area contributed by atoms with Crippen molar-refractivity contribution in [2.45, 2.75) is 13.0 Å². The van der Waals surface area contributed by atoms with Crippen LogP contribution in [0.5, 0.6) is 0 Å². The van der Waals surface area contributed by atoms with E-state index in [1.54, 1.807) is 18.2 Å². The van der Waals surface area contributed by atoms with Crippen molar-refractivity contribution in [2.75, 3.05) is 0 Å². The normalized spacial score (nSPS) is 11.2. The first kappa shape index (κ1) is 14.6. The fourth-order valence-electron chi connectivity index (χ4n) is 2.31. The third-order valence-corrected chi connectivity index (χ3v) is 4.37. The highest BCUT2D eigenvalue weighted by Crippen LogP contribution is 2.27.